The fraction of sp³-hybridized carbons (Fsp3) is 0.769. The van der Waals surface area contributed by atoms with E-state index in [2.05, 4.69) is 23.6 Å². The summed E-state index contributed by atoms with van der Waals surface area (Å²) < 4.78 is 0. The van der Waals surface area contributed by atoms with E-state index in [9.17, 15) is 4.79 Å². The van der Waals surface area contributed by atoms with E-state index >= 15 is 0 Å². The smallest absolute Gasteiger partial charge is 0.223 e. The maximum atomic E-state index is 11.7. The molecule has 0 aromatic carbocycles. The molecule has 0 bridgehead atoms. The number of nitrogens with one attached hydrogen (secondary N) is 2. The van der Waals surface area contributed by atoms with Crippen LogP contribution in [0.1, 0.15) is 32.6 Å². The summed E-state index contributed by atoms with van der Waals surface area (Å²) in [5, 5.41) is 6.34. The van der Waals surface area contributed by atoms with Gasteiger partial charge >= 0.3 is 0 Å². The second-order valence-corrected chi connectivity index (χ2v) is 4.98. The zero-order valence-corrected chi connectivity index (χ0v) is 10.1. The molecular weight excluding hydrogens is 200 g/mol. The van der Waals surface area contributed by atoms with Gasteiger partial charge in [0, 0.05) is 19.0 Å². The Morgan fingerprint density at radius 2 is 2.44 bits per heavy atom. The van der Waals surface area contributed by atoms with Gasteiger partial charge < -0.3 is 10.6 Å². The molecule has 3 heteroatoms. The Bertz CT molecular complexity index is 282. The van der Waals surface area contributed by atoms with Gasteiger partial charge in [0.2, 0.25) is 5.91 Å². The third kappa shape index (κ3) is 3.34. The molecule has 1 heterocycles. The summed E-state index contributed by atoms with van der Waals surface area (Å²) >= 11 is 0. The standard InChI is InChI=1S/C13H22N2O/c1-10(12-2-3-12)13(16)15-9-6-11-4-7-14-8-5-11/h4,10,12,14H,2-3,5-9H2,1H3,(H,15,16). The highest BCUT2D eigenvalue weighted by molar-refractivity contribution is 5.78. The van der Waals surface area contributed by atoms with Gasteiger partial charge in [-0.05, 0) is 38.1 Å². The quantitative estimate of drug-likeness (QED) is 0.691. The average molecular weight is 222 g/mol. The summed E-state index contributed by atoms with van der Waals surface area (Å²) in [6, 6.07) is 0. The van der Waals surface area contributed by atoms with Crippen molar-refractivity contribution >= 4 is 5.91 Å². The maximum Gasteiger partial charge on any atom is 0.223 e. The van der Waals surface area contributed by atoms with Gasteiger partial charge in [-0.1, -0.05) is 18.6 Å². The molecule has 1 atom stereocenters. The average Bonchev–Trinajstić information content (AvgIpc) is 3.13. The molecular formula is C13H22N2O. The molecule has 0 aromatic rings. The molecule has 1 fully saturated rings. The predicted octanol–water partition coefficient (Wildman–Crippen LogP) is 1.46. The highest BCUT2D eigenvalue weighted by Gasteiger charge is 2.32. The first kappa shape index (κ1) is 11.6. The van der Waals surface area contributed by atoms with E-state index in [4.69, 9.17) is 0 Å². The Labute approximate surface area is 97.7 Å². The first-order chi connectivity index (χ1) is 7.77. The van der Waals surface area contributed by atoms with E-state index in [-0.39, 0.29) is 11.8 Å². The molecule has 2 rings (SSSR count). The summed E-state index contributed by atoms with van der Waals surface area (Å²) in [4.78, 5) is 11.7. The summed E-state index contributed by atoms with van der Waals surface area (Å²) in [5.41, 5.74) is 1.48. The van der Waals surface area contributed by atoms with Crippen LogP contribution in [0.2, 0.25) is 0 Å². The zero-order chi connectivity index (χ0) is 11.4. The van der Waals surface area contributed by atoms with Crippen LogP contribution in [0.4, 0.5) is 0 Å². The van der Waals surface area contributed by atoms with Crippen molar-refractivity contribution in [1.82, 2.24) is 10.6 Å². The van der Waals surface area contributed by atoms with Crippen molar-refractivity contribution in [3.63, 3.8) is 0 Å². The van der Waals surface area contributed by atoms with Crippen molar-refractivity contribution < 1.29 is 4.79 Å². The molecule has 0 aromatic heterocycles. The molecule has 1 saturated carbocycles. The SMILES string of the molecule is CC(C(=O)NCCC1=CCNCC1)C1CC1. The van der Waals surface area contributed by atoms with Crippen LogP contribution in [-0.4, -0.2) is 25.5 Å². The molecule has 3 nitrogen and oxygen atoms in total. The van der Waals surface area contributed by atoms with Gasteiger partial charge in [-0.15, -0.1) is 0 Å². The predicted molar refractivity (Wildman–Crippen MR) is 65.1 cm³/mol. The van der Waals surface area contributed by atoms with E-state index in [1.54, 1.807) is 0 Å². The third-order valence-corrected chi connectivity index (χ3v) is 3.65. The van der Waals surface area contributed by atoms with Crippen LogP contribution in [0.5, 0.6) is 0 Å². The lowest BCUT2D eigenvalue weighted by molar-refractivity contribution is -0.125. The Morgan fingerprint density at radius 3 is 3.06 bits per heavy atom. The second kappa shape index (κ2) is 5.48. The van der Waals surface area contributed by atoms with Crippen LogP contribution in [0.15, 0.2) is 11.6 Å². The summed E-state index contributed by atoms with van der Waals surface area (Å²) in [7, 11) is 0. The van der Waals surface area contributed by atoms with Crippen LogP contribution < -0.4 is 10.6 Å². The highest BCUT2D eigenvalue weighted by Crippen LogP contribution is 2.36. The van der Waals surface area contributed by atoms with E-state index in [0.717, 1.165) is 32.5 Å². The summed E-state index contributed by atoms with van der Waals surface area (Å²) in [5.74, 6) is 1.14. The summed E-state index contributed by atoms with van der Waals surface area (Å²) in [6.45, 7) is 4.93. The minimum atomic E-state index is 0.224. The molecule has 1 amide bonds. The van der Waals surface area contributed by atoms with Gasteiger partial charge in [0.15, 0.2) is 0 Å². The molecule has 16 heavy (non-hydrogen) atoms. The van der Waals surface area contributed by atoms with Gasteiger partial charge in [-0.25, -0.2) is 0 Å². The van der Waals surface area contributed by atoms with Gasteiger partial charge in [0.25, 0.3) is 0 Å². The van der Waals surface area contributed by atoms with Crippen LogP contribution in [0.25, 0.3) is 0 Å². The Kier molecular flexibility index (Phi) is 3.99. The van der Waals surface area contributed by atoms with E-state index in [1.165, 1.54) is 18.4 Å². The van der Waals surface area contributed by atoms with Crippen molar-refractivity contribution in [2.75, 3.05) is 19.6 Å². The van der Waals surface area contributed by atoms with Crippen molar-refractivity contribution in [3.8, 4) is 0 Å². The first-order valence-corrected chi connectivity index (χ1v) is 6.43. The number of hydrogen-bond acceptors (Lipinski definition) is 2. The molecule has 0 saturated heterocycles. The molecule has 1 unspecified atom stereocenters. The third-order valence-electron chi connectivity index (χ3n) is 3.65. The second-order valence-electron chi connectivity index (χ2n) is 4.98. The van der Waals surface area contributed by atoms with Gasteiger partial charge in [0.1, 0.15) is 0 Å². The van der Waals surface area contributed by atoms with Gasteiger partial charge in [-0.2, -0.15) is 0 Å². The number of hydrogen-bond donors (Lipinski definition) is 2. The van der Waals surface area contributed by atoms with Crippen molar-refractivity contribution in [1.29, 1.82) is 0 Å². The van der Waals surface area contributed by atoms with Crippen LogP contribution >= 0.6 is 0 Å². The first-order valence-electron chi connectivity index (χ1n) is 6.43. The monoisotopic (exact) mass is 222 g/mol. The zero-order valence-electron chi connectivity index (χ0n) is 10.1. The lowest BCUT2D eigenvalue weighted by atomic mass is 10.0. The van der Waals surface area contributed by atoms with E-state index in [0.29, 0.717) is 5.92 Å². The number of rotatable bonds is 5. The van der Waals surface area contributed by atoms with E-state index in [1.807, 2.05) is 0 Å². The molecule has 1 aliphatic heterocycles. The van der Waals surface area contributed by atoms with Crippen molar-refractivity contribution in [3.05, 3.63) is 11.6 Å². The van der Waals surface area contributed by atoms with Gasteiger partial charge in [0.05, 0.1) is 0 Å². The topological polar surface area (TPSA) is 41.1 Å². The fourth-order valence-corrected chi connectivity index (χ4v) is 2.21. The molecule has 0 radical (unpaired) electrons. The lowest BCUT2D eigenvalue weighted by Gasteiger charge is -2.15. The Morgan fingerprint density at radius 1 is 1.62 bits per heavy atom. The number of carbonyl (C=O) groups is 1. The minimum absolute atomic E-state index is 0.224. The fourth-order valence-electron chi connectivity index (χ4n) is 2.21. The van der Waals surface area contributed by atoms with Gasteiger partial charge in [-0.3, -0.25) is 4.79 Å². The number of amides is 1. The maximum absolute atomic E-state index is 11.7. The highest BCUT2D eigenvalue weighted by atomic mass is 16.1. The van der Waals surface area contributed by atoms with Crippen LogP contribution in [-0.2, 0) is 4.79 Å². The lowest BCUT2D eigenvalue weighted by Crippen LogP contribution is -2.31. The molecule has 90 valence electrons. The van der Waals surface area contributed by atoms with Crippen LogP contribution in [0.3, 0.4) is 0 Å². The normalized spacial score (nSPS) is 22.4. The Hall–Kier alpha value is -0.830. The number of carbonyl (C=O) groups excluding carboxylic acids is 1. The minimum Gasteiger partial charge on any atom is -0.356 e. The van der Waals surface area contributed by atoms with Crippen molar-refractivity contribution in [2.45, 2.75) is 32.6 Å². The Balaban J connectivity index is 1.63. The molecule has 2 aliphatic rings. The molecule has 1 aliphatic carbocycles. The van der Waals surface area contributed by atoms with Crippen molar-refractivity contribution in [2.24, 2.45) is 11.8 Å². The largest absolute Gasteiger partial charge is 0.356 e. The molecule has 0 spiro atoms. The summed E-state index contributed by atoms with van der Waals surface area (Å²) in [6.07, 6.45) is 6.88. The van der Waals surface area contributed by atoms with Crippen LogP contribution in [0, 0.1) is 11.8 Å². The van der Waals surface area contributed by atoms with E-state index < -0.39 is 0 Å². The molecule has 2 N–H and O–H groups in total.